The van der Waals surface area contributed by atoms with Crippen LogP contribution < -0.4 is 14.8 Å². The summed E-state index contributed by atoms with van der Waals surface area (Å²) in [5, 5.41) is 3.49. The lowest BCUT2D eigenvalue weighted by Gasteiger charge is -2.15. The molecule has 0 bridgehead atoms. The number of ether oxygens (including phenoxy) is 2. The molecule has 4 heteroatoms. The second-order valence-electron chi connectivity index (χ2n) is 6.73. The van der Waals surface area contributed by atoms with Crippen LogP contribution >= 0.6 is 0 Å². The van der Waals surface area contributed by atoms with E-state index in [0.717, 1.165) is 16.8 Å². The standard InChI is InChI=1S/C24H26FNO2/c1-4-27-24-14-20(15-26-22-7-5-6-17(2)18(22)3)10-13-23(24)28-16-19-8-11-21(25)12-9-19/h5-14,26H,4,15-16H2,1-3H3. The molecule has 0 spiro atoms. The van der Waals surface area contributed by atoms with Gasteiger partial charge in [0, 0.05) is 12.2 Å². The summed E-state index contributed by atoms with van der Waals surface area (Å²) < 4.78 is 24.7. The van der Waals surface area contributed by atoms with Crippen molar-refractivity contribution in [2.75, 3.05) is 11.9 Å². The summed E-state index contributed by atoms with van der Waals surface area (Å²) in [5.74, 6) is 1.14. The first-order valence-corrected chi connectivity index (χ1v) is 9.50. The summed E-state index contributed by atoms with van der Waals surface area (Å²) in [4.78, 5) is 0. The molecule has 3 nitrogen and oxygen atoms in total. The number of rotatable bonds is 8. The van der Waals surface area contributed by atoms with Gasteiger partial charge in [-0.25, -0.2) is 4.39 Å². The molecule has 146 valence electrons. The molecule has 0 unspecified atom stereocenters. The molecule has 28 heavy (non-hydrogen) atoms. The summed E-state index contributed by atoms with van der Waals surface area (Å²) in [6.07, 6.45) is 0. The second-order valence-corrected chi connectivity index (χ2v) is 6.73. The van der Waals surface area contributed by atoms with Crippen molar-refractivity contribution in [2.45, 2.75) is 33.9 Å². The lowest BCUT2D eigenvalue weighted by Crippen LogP contribution is -2.04. The Kier molecular flexibility index (Phi) is 6.53. The first-order chi connectivity index (χ1) is 13.6. The summed E-state index contributed by atoms with van der Waals surface area (Å²) in [6, 6.07) is 18.5. The Labute approximate surface area is 166 Å². The van der Waals surface area contributed by atoms with Crippen LogP contribution in [0.5, 0.6) is 11.5 Å². The Morgan fingerprint density at radius 1 is 0.857 bits per heavy atom. The van der Waals surface area contributed by atoms with Gasteiger partial charge in [0.2, 0.25) is 0 Å². The monoisotopic (exact) mass is 379 g/mol. The van der Waals surface area contributed by atoms with E-state index in [4.69, 9.17) is 9.47 Å². The zero-order valence-corrected chi connectivity index (χ0v) is 16.6. The normalized spacial score (nSPS) is 10.6. The smallest absolute Gasteiger partial charge is 0.161 e. The van der Waals surface area contributed by atoms with Crippen LogP contribution in [-0.4, -0.2) is 6.61 Å². The summed E-state index contributed by atoms with van der Waals surface area (Å²) in [6.45, 7) is 7.80. The third-order valence-electron chi connectivity index (χ3n) is 4.70. The van der Waals surface area contributed by atoms with Gasteiger partial charge < -0.3 is 14.8 Å². The van der Waals surface area contributed by atoms with Gasteiger partial charge in [0.05, 0.1) is 6.61 Å². The maximum absolute atomic E-state index is 13.0. The van der Waals surface area contributed by atoms with E-state index >= 15 is 0 Å². The molecule has 1 N–H and O–H groups in total. The molecule has 0 heterocycles. The number of hydrogen-bond acceptors (Lipinski definition) is 3. The van der Waals surface area contributed by atoms with Crippen molar-refractivity contribution in [1.29, 1.82) is 0 Å². The molecule has 0 aliphatic rings. The van der Waals surface area contributed by atoms with Gasteiger partial charge in [-0.3, -0.25) is 0 Å². The van der Waals surface area contributed by atoms with E-state index in [0.29, 0.717) is 31.3 Å². The van der Waals surface area contributed by atoms with Crippen molar-refractivity contribution < 1.29 is 13.9 Å². The fourth-order valence-electron chi connectivity index (χ4n) is 2.93. The lowest BCUT2D eigenvalue weighted by atomic mass is 10.1. The quantitative estimate of drug-likeness (QED) is 0.518. The zero-order chi connectivity index (χ0) is 19.9. The highest BCUT2D eigenvalue weighted by Gasteiger charge is 2.08. The third-order valence-corrected chi connectivity index (χ3v) is 4.70. The van der Waals surface area contributed by atoms with Crippen LogP contribution in [0.1, 0.15) is 29.2 Å². The fraction of sp³-hybridized carbons (Fsp3) is 0.250. The van der Waals surface area contributed by atoms with E-state index in [1.165, 1.54) is 23.3 Å². The first-order valence-electron chi connectivity index (χ1n) is 9.50. The van der Waals surface area contributed by atoms with E-state index in [1.54, 1.807) is 12.1 Å². The molecule has 0 amide bonds. The highest BCUT2D eigenvalue weighted by Crippen LogP contribution is 2.30. The van der Waals surface area contributed by atoms with Gasteiger partial charge in [0.1, 0.15) is 12.4 Å². The van der Waals surface area contributed by atoms with Crippen molar-refractivity contribution in [2.24, 2.45) is 0 Å². The molecule has 0 saturated carbocycles. The SMILES string of the molecule is CCOc1cc(CNc2cccc(C)c2C)ccc1OCc1ccc(F)cc1. The Hall–Kier alpha value is -3.01. The molecule has 0 atom stereocenters. The Morgan fingerprint density at radius 3 is 2.36 bits per heavy atom. The lowest BCUT2D eigenvalue weighted by molar-refractivity contribution is 0.269. The van der Waals surface area contributed by atoms with Crippen molar-refractivity contribution in [3.8, 4) is 11.5 Å². The molecule has 0 fully saturated rings. The summed E-state index contributed by atoms with van der Waals surface area (Å²) in [7, 11) is 0. The van der Waals surface area contributed by atoms with Crippen molar-refractivity contribution in [3.05, 3.63) is 88.7 Å². The highest BCUT2D eigenvalue weighted by atomic mass is 19.1. The molecular formula is C24H26FNO2. The zero-order valence-electron chi connectivity index (χ0n) is 16.6. The Bertz CT molecular complexity index is 922. The van der Waals surface area contributed by atoms with Crippen LogP contribution in [0, 0.1) is 19.7 Å². The maximum Gasteiger partial charge on any atom is 0.161 e. The molecule has 0 saturated heterocycles. The number of halogens is 1. The van der Waals surface area contributed by atoms with Crippen molar-refractivity contribution >= 4 is 5.69 Å². The van der Waals surface area contributed by atoms with E-state index in [2.05, 4.69) is 37.4 Å². The van der Waals surface area contributed by atoms with Crippen LogP contribution in [0.25, 0.3) is 0 Å². The molecular weight excluding hydrogens is 353 g/mol. The number of anilines is 1. The van der Waals surface area contributed by atoms with Crippen molar-refractivity contribution in [1.82, 2.24) is 0 Å². The predicted octanol–water partition coefficient (Wildman–Crippen LogP) is 6.03. The van der Waals surface area contributed by atoms with Crippen LogP contribution in [0.2, 0.25) is 0 Å². The number of benzene rings is 3. The minimum absolute atomic E-state index is 0.251. The Balaban J connectivity index is 1.69. The average Bonchev–Trinajstić information content (AvgIpc) is 2.70. The third kappa shape index (κ3) is 5.03. The summed E-state index contributed by atoms with van der Waals surface area (Å²) in [5.41, 5.74) is 5.67. The molecule has 3 aromatic rings. The molecule has 3 aromatic carbocycles. The molecule has 0 radical (unpaired) electrons. The van der Waals surface area contributed by atoms with Crippen LogP contribution in [0.3, 0.4) is 0 Å². The predicted molar refractivity (Wildman–Crippen MR) is 112 cm³/mol. The second kappa shape index (κ2) is 9.27. The van der Waals surface area contributed by atoms with E-state index < -0.39 is 0 Å². The number of hydrogen-bond donors (Lipinski definition) is 1. The van der Waals surface area contributed by atoms with Crippen LogP contribution in [0.4, 0.5) is 10.1 Å². The van der Waals surface area contributed by atoms with Crippen molar-refractivity contribution in [3.63, 3.8) is 0 Å². The molecule has 0 aliphatic heterocycles. The van der Waals surface area contributed by atoms with Gasteiger partial charge in [-0.05, 0) is 73.4 Å². The van der Waals surface area contributed by atoms with Crippen LogP contribution in [0.15, 0.2) is 60.7 Å². The topological polar surface area (TPSA) is 30.5 Å². The van der Waals surface area contributed by atoms with Gasteiger partial charge in [-0.15, -0.1) is 0 Å². The van der Waals surface area contributed by atoms with Gasteiger partial charge in [-0.1, -0.05) is 30.3 Å². The molecule has 0 aliphatic carbocycles. The van der Waals surface area contributed by atoms with E-state index in [1.807, 2.05) is 25.1 Å². The maximum atomic E-state index is 13.0. The number of nitrogens with one attached hydrogen (secondary N) is 1. The van der Waals surface area contributed by atoms with E-state index in [-0.39, 0.29) is 5.82 Å². The van der Waals surface area contributed by atoms with Crippen LogP contribution in [-0.2, 0) is 13.2 Å². The summed E-state index contributed by atoms with van der Waals surface area (Å²) >= 11 is 0. The largest absolute Gasteiger partial charge is 0.490 e. The minimum atomic E-state index is -0.251. The van der Waals surface area contributed by atoms with Gasteiger partial charge in [0.15, 0.2) is 11.5 Å². The first kappa shape index (κ1) is 19.7. The van der Waals surface area contributed by atoms with Gasteiger partial charge in [0.25, 0.3) is 0 Å². The number of aryl methyl sites for hydroxylation is 1. The highest BCUT2D eigenvalue weighted by molar-refractivity contribution is 5.54. The Morgan fingerprint density at radius 2 is 1.61 bits per heavy atom. The van der Waals surface area contributed by atoms with Gasteiger partial charge >= 0.3 is 0 Å². The molecule has 0 aromatic heterocycles. The average molecular weight is 379 g/mol. The fourth-order valence-corrected chi connectivity index (χ4v) is 2.93. The minimum Gasteiger partial charge on any atom is -0.490 e. The van der Waals surface area contributed by atoms with E-state index in [9.17, 15) is 4.39 Å². The van der Waals surface area contributed by atoms with Gasteiger partial charge in [-0.2, -0.15) is 0 Å². The molecule has 3 rings (SSSR count).